The first-order chi connectivity index (χ1) is 8.18. The Bertz CT molecular complexity index is 383. The Morgan fingerprint density at radius 2 is 2.06 bits per heavy atom. The Labute approximate surface area is 97.7 Å². The van der Waals surface area contributed by atoms with Crippen LogP contribution in [-0.4, -0.2) is 41.2 Å². The van der Waals surface area contributed by atoms with Crippen molar-refractivity contribution in [3.05, 3.63) is 35.9 Å². The van der Waals surface area contributed by atoms with Crippen LogP contribution in [0.5, 0.6) is 0 Å². The minimum atomic E-state index is -1.16. The summed E-state index contributed by atoms with van der Waals surface area (Å²) in [5.41, 5.74) is 2.62. The lowest BCUT2D eigenvalue weighted by molar-refractivity contribution is -0.0414. The fourth-order valence-corrected chi connectivity index (χ4v) is 1.45. The van der Waals surface area contributed by atoms with Crippen LogP contribution in [-0.2, 0) is 9.57 Å². The van der Waals surface area contributed by atoms with Gasteiger partial charge < -0.3 is 14.9 Å². The van der Waals surface area contributed by atoms with E-state index < -0.39 is 24.4 Å². The third-order valence-electron chi connectivity index (χ3n) is 2.43. The average molecular weight is 239 g/mol. The van der Waals surface area contributed by atoms with E-state index in [2.05, 4.69) is 5.48 Å². The van der Waals surface area contributed by atoms with Crippen molar-refractivity contribution < 1.29 is 24.6 Å². The van der Waals surface area contributed by atoms with Gasteiger partial charge in [-0.3, -0.25) is 4.84 Å². The van der Waals surface area contributed by atoms with E-state index in [1.165, 1.54) is 0 Å². The third kappa shape index (κ3) is 2.80. The molecule has 6 nitrogen and oxygen atoms in total. The van der Waals surface area contributed by atoms with Gasteiger partial charge in [0.2, 0.25) is 0 Å². The van der Waals surface area contributed by atoms with E-state index in [0.29, 0.717) is 5.56 Å². The number of carbonyl (C=O) groups excluding carboxylic acids is 1. The largest absolute Gasteiger partial charge is 0.459 e. The summed E-state index contributed by atoms with van der Waals surface area (Å²) in [5, 5.41) is 18.5. The Balaban J connectivity index is 1.85. The van der Waals surface area contributed by atoms with Gasteiger partial charge in [-0.1, -0.05) is 18.2 Å². The molecule has 0 amide bonds. The number of hydrogen-bond donors (Lipinski definition) is 3. The van der Waals surface area contributed by atoms with Crippen molar-refractivity contribution in [2.24, 2.45) is 0 Å². The Morgan fingerprint density at radius 3 is 2.65 bits per heavy atom. The maximum atomic E-state index is 11.5. The number of aliphatic hydroxyl groups excluding tert-OH is 2. The van der Waals surface area contributed by atoms with Gasteiger partial charge in [-0.15, -0.1) is 0 Å². The Kier molecular flexibility index (Phi) is 3.70. The van der Waals surface area contributed by atoms with E-state index in [4.69, 9.17) is 14.7 Å². The van der Waals surface area contributed by atoms with Crippen molar-refractivity contribution in [2.75, 3.05) is 6.61 Å². The van der Waals surface area contributed by atoms with Crippen molar-refractivity contribution in [1.82, 2.24) is 5.48 Å². The molecule has 0 aromatic heterocycles. The first kappa shape index (κ1) is 12.0. The van der Waals surface area contributed by atoms with E-state index in [0.717, 1.165) is 0 Å². The van der Waals surface area contributed by atoms with Crippen molar-refractivity contribution in [1.29, 1.82) is 0 Å². The zero-order valence-corrected chi connectivity index (χ0v) is 8.95. The van der Waals surface area contributed by atoms with E-state index in [1.54, 1.807) is 30.3 Å². The van der Waals surface area contributed by atoms with Crippen LogP contribution in [0.1, 0.15) is 10.4 Å². The summed E-state index contributed by atoms with van der Waals surface area (Å²) in [4.78, 5) is 16.4. The molecule has 1 aliphatic heterocycles. The van der Waals surface area contributed by atoms with Crippen LogP contribution in [0, 0.1) is 0 Å². The van der Waals surface area contributed by atoms with Gasteiger partial charge in [0.05, 0.1) is 5.56 Å². The third-order valence-corrected chi connectivity index (χ3v) is 2.43. The Hall–Kier alpha value is -1.47. The van der Waals surface area contributed by atoms with Gasteiger partial charge in [0.25, 0.3) is 0 Å². The molecule has 0 radical (unpaired) electrons. The number of rotatable bonds is 3. The minimum Gasteiger partial charge on any atom is -0.459 e. The standard InChI is InChI=1S/C11H13NO5/c13-9-8(17-12-10(9)14)6-16-11(15)7-4-2-1-3-5-7/h1-5,8-10,12-14H,6H2/t8-,9+,10-/m1/s1. The molecular formula is C11H13NO5. The fraction of sp³-hybridized carbons (Fsp3) is 0.364. The monoisotopic (exact) mass is 239 g/mol. The number of benzene rings is 1. The molecule has 1 saturated heterocycles. The predicted octanol–water partition coefficient (Wildman–Crippen LogP) is -0.574. The lowest BCUT2D eigenvalue weighted by Crippen LogP contribution is -2.34. The van der Waals surface area contributed by atoms with Gasteiger partial charge in [0, 0.05) is 0 Å². The van der Waals surface area contributed by atoms with Crippen LogP contribution in [0.2, 0.25) is 0 Å². The van der Waals surface area contributed by atoms with E-state index in [-0.39, 0.29) is 6.61 Å². The molecule has 1 aromatic carbocycles. The SMILES string of the molecule is O=C(OC[C@H]1ON[C@H](O)[C@H]1O)c1ccccc1. The van der Waals surface area contributed by atoms with Crippen molar-refractivity contribution in [3.8, 4) is 0 Å². The molecule has 1 aliphatic rings. The highest BCUT2D eigenvalue weighted by molar-refractivity contribution is 5.89. The molecule has 0 bridgehead atoms. The van der Waals surface area contributed by atoms with E-state index in [1.807, 2.05) is 0 Å². The van der Waals surface area contributed by atoms with Crippen LogP contribution >= 0.6 is 0 Å². The molecule has 1 aromatic rings. The van der Waals surface area contributed by atoms with Gasteiger partial charge in [-0.25, -0.2) is 4.79 Å². The van der Waals surface area contributed by atoms with Gasteiger partial charge in [-0.05, 0) is 12.1 Å². The van der Waals surface area contributed by atoms with Crippen LogP contribution in [0.3, 0.4) is 0 Å². The number of nitrogens with one attached hydrogen (secondary N) is 1. The number of carbonyl (C=O) groups is 1. The van der Waals surface area contributed by atoms with Crippen molar-refractivity contribution >= 4 is 5.97 Å². The number of hydrogen-bond acceptors (Lipinski definition) is 6. The highest BCUT2D eigenvalue weighted by Crippen LogP contribution is 2.11. The first-order valence-corrected chi connectivity index (χ1v) is 5.18. The normalized spacial score (nSPS) is 28.0. The molecule has 0 spiro atoms. The van der Waals surface area contributed by atoms with E-state index >= 15 is 0 Å². The van der Waals surface area contributed by atoms with Gasteiger partial charge in [-0.2, -0.15) is 5.48 Å². The lowest BCUT2D eigenvalue weighted by atomic mass is 10.2. The molecule has 2 rings (SSSR count). The highest BCUT2D eigenvalue weighted by atomic mass is 16.7. The van der Waals surface area contributed by atoms with Gasteiger partial charge in [0.1, 0.15) is 18.8 Å². The molecule has 6 heteroatoms. The molecule has 3 N–H and O–H groups in total. The predicted molar refractivity (Wildman–Crippen MR) is 56.7 cm³/mol. The summed E-state index contributed by atoms with van der Waals surface area (Å²) in [6.45, 7) is -0.126. The summed E-state index contributed by atoms with van der Waals surface area (Å²) < 4.78 is 4.96. The minimum absolute atomic E-state index is 0.126. The summed E-state index contributed by atoms with van der Waals surface area (Å²) >= 11 is 0. The van der Waals surface area contributed by atoms with Gasteiger partial charge >= 0.3 is 5.97 Å². The second-order valence-electron chi connectivity index (χ2n) is 3.67. The average Bonchev–Trinajstić information content (AvgIpc) is 2.68. The first-order valence-electron chi connectivity index (χ1n) is 5.18. The van der Waals surface area contributed by atoms with Crippen LogP contribution in [0.25, 0.3) is 0 Å². The lowest BCUT2D eigenvalue weighted by Gasteiger charge is -2.13. The second-order valence-corrected chi connectivity index (χ2v) is 3.67. The molecule has 1 fully saturated rings. The molecule has 17 heavy (non-hydrogen) atoms. The summed E-state index contributed by atoms with van der Waals surface area (Å²) in [5.74, 6) is -0.497. The summed E-state index contributed by atoms with van der Waals surface area (Å²) in [6, 6.07) is 8.50. The smallest absolute Gasteiger partial charge is 0.338 e. The zero-order chi connectivity index (χ0) is 12.3. The molecule has 0 aliphatic carbocycles. The molecule has 3 atom stereocenters. The molecule has 0 unspecified atom stereocenters. The second kappa shape index (κ2) is 5.24. The number of ether oxygens (including phenoxy) is 1. The van der Waals surface area contributed by atoms with Crippen LogP contribution in [0.4, 0.5) is 0 Å². The van der Waals surface area contributed by atoms with Crippen LogP contribution in [0.15, 0.2) is 30.3 Å². The van der Waals surface area contributed by atoms with Crippen molar-refractivity contribution in [2.45, 2.75) is 18.4 Å². The Morgan fingerprint density at radius 1 is 1.35 bits per heavy atom. The molecule has 92 valence electrons. The summed E-state index contributed by atoms with van der Waals surface area (Å²) in [6.07, 6.45) is -3.04. The topological polar surface area (TPSA) is 88.0 Å². The van der Waals surface area contributed by atoms with Crippen LogP contribution < -0.4 is 5.48 Å². The maximum absolute atomic E-state index is 11.5. The molecule has 1 heterocycles. The number of aliphatic hydroxyl groups is 2. The van der Waals surface area contributed by atoms with Crippen molar-refractivity contribution in [3.63, 3.8) is 0 Å². The maximum Gasteiger partial charge on any atom is 0.338 e. The zero-order valence-electron chi connectivity index (χ0n) is 8.95. The highest BCUT2D eigenvalue weighted by Gasteiger charge is 2.35. The molecule has 0 saturated carbocycles. The van der Waals surface area contributed by atoms with Gasteiger partial charge in [0.15, 0.2) is 6.23 Å². The molecular weight excluding hydrogens is 226 g/mol. The van der Waals surface area contributed by atoms with E-state index in [9.17, 15) is 9.90 Å². The summed E-state index contributed by atoms with van der Waals surface area (Å²) in [7, 11) is 0. The number of hydroxylamine groups is 1. The number of esters is 1. The fourth-order valence-electron chi connectivity index (χ4n) is 1.45. The quantitative estimate of drug-likeness (QED) is 0.612.